The maximum absolute atomic E-state index is 6.72. The molecular weight excluding hydrogens is 570 g/mol. The number of benzene rings is 4. The first-order chi connectivity index (χ1) is 22.3. The molecule has 0 fully saturated rings. The van der Waals surface area contributed by atoms with Gasteiger partial charge < -0.3 is 38.9 Å². The van der Waals surface area contributed by atoms with Gasteiger partial charge in [0.25, 0.3) is 0 Å². The molecule has 0 aliphatic carbocycles. The number of hydrogen-bond acceptors (Lipinski definition) is 8. The third kappa shape index (κ3) is 11.6. The second-order valence-corrected chi connectivity index (χ2v) is 10.1. The van der Waals surface area contributed by atoms with Gasteiger partial charge in [-0.25, -0.2) is 0 Å². The second kappa shape index (κ2) is 20.3. The van der Waals surface area contributed by atoms with Crippen molar-refractivity contribution in [1.82, 2.24) is 0 Å². The summed E-state index contributed by atoms with van der Waals surface area (Å²) in [5.74, 6) is 0.774. The molecular formula is C37H45NO7. The van der Waals surface area contributed by atoms with Crippen molar-refractivity contribution >= 4 is 5.69 Å². The van der Waals surface area contributed by atoms with Gasteiger partial charge in [-0.05, 0) is 41.0 Å². The van der Waals surface area contributed by atoms with Gasteiger partial charge in [-0.2, -0.15) is 0 Å². The van der Waals surface area contributed by atoms with Crippen molar-refractivity contribution < 1.29 is 33.2 Å². The second-order valence-electron chi connectivity index (χ2n) is 10.1. The molecule has 0 unspecified atom stereocenters. The molecule has 240 valence electrons. The number of nitrogen functional groups attached to an aromatic ring is 1. The van der Waals surface area contributed by atoms with Crippen molar-refractivity contribution in [3.8, 4) is 5.75 Å². The third-order valence-corrected chi connectivity index (χ3v) is 6.95. The van der Waals surface area contributed by atoms with Crippen LogP contribution < -0.4 is 10.5 Å². The number of hydrogen-bond donors (Lipinski definition) is 1. The summed E-state index contributed by atoms with van der Waals surface area (Å²) in [4.78, 5) is 0. The number of anilines is 1. The van der Waals surface area contributed by atoms with Crippen LogP contribution in [0.3, 0.4) is 0 Å². The Kier molecular flexibility index (Phi) is 15.4. The van der Waals surface area contributed by atoms with Gasteiger partial charge in [0.05, 0.1) is 72.7 Å². The summed E-state index contributed by atoms with van der Waals surface area (Å²) in [6.07, 6.45) is 0. The van der Waals surface area contributed by atoms with Crippen molar-refractivity contribution in [3.63, 3.8) is 0 Å². The van der Waals surface area contributed by atoms with Crippen molar-refractivity contribution in [3.05, 3.63) is 132 Å². The Morgan fingerprint density at radius 1 is 0.378 bits per heavy atom. The molecule has 8 heteroatoms. The first-order valence-corrected chi connectivity index (χ1v) is 15.5. The van der Waals surface area contributed by atoms with Gasteiger partial charge in [0.15, 0.2) is 0 Å². The van der Waals surface area contributed by atoms with Gasteiger partial charge in [0.1, 0.15) is 18.0 Å². The molecule has 4 aromatic carbocycles. The van der Waals surface area contributed by atoms with Crippen LogP contribution in [0.2, 0.25) is 0 Å². The van der Waals surface area contributed by atoms with E-state index in [0.29, 0.717) is 85.0 Å². The van der Waals surface area contributed by atoms with Crippen LogP contribution >= 0.6 is 0 Å². The molecule has 0 saturated carbocycles. The highest BCUT2D eigenvalue weighted by Crippen LogP contribution is 2.40. The van der Waals surface area contributed by atoms with E-state index < -0.39 is 5.60 Å². The molecule has 4 rings (SSSR count). The smallest absolute Gasteiger partial charge is 0.143 e. The molecule has 0 heterocycles. The Morgan fingerprint density at radius 3 is 1.09 bits per heavy atom. The minimum atomic E-state index is -0.745. The first-order valence-electron chi connectivity index (χ1n) is 15.5. The fourth-order valence-electron chi connectivity index (χ4n) is 4.79. The highest BCUT2D eigenvalue weighted by molar-refractivity contribution is 5.47. The summed E-state index contributed by atoms with van der Waals surface area (Å²) in [6.45, 7) is 5.82. The molecule has 8 nitrogen and oxygen atoms in total. The lowest BCUT2D eigenvalue weighted by Crippen LogP contribution is -2.34. The molecule has 0 aromatic heterocycles. The Hall–Kier alpha value is -3.76. The zero-order valence-corrected chi connectivity index (χ0v) is 25.9. The summed E-state index contributed by atoms with van der Waals surface area (Å²) in [7, 11) is 0. The molecule has 2 N–H and O–H groups in total. The van der Waals surface area contributed by atoms with Crippen molar-refractivity contribution in [2.75, 3.05) is 85.0 Å². The molecule has 0 atom stereocenters. The summed E-state index contributed by atoms with van der Waals surface area (Å²) in [6, 6.07) is 38.3. The monoisotopic (exact) mass is 615 g/mol. The summed E-state index contributed by atoms with van der Waals surface area (Å²) >= 11 is 0. The lowest BCUT2D eigenvalue weighted by atomic mass is 9.80. The Labute approximate surface area is 266 Å². The van der Waals surface area contributed by atoms with Crippen molar-refractivity contribution in [2.45, 2.75) is 5.60 Å². The fourth-order valence-corrected chi connectivity index (χ4v) is 4.79. The van der Waals surface area contributed by atoms with Gasteiger partial charge >= 0.3 is 0 Å². The Bertz CT molecular complexity index is 1190. The normalized spacial score (nSPS) is 11.5. The lowest BCUT2D eigenvalue weighted by molar-refractivity contribution is -0.0392. The molecule has 0 aliphatic heterocycles. The van der Waals surface area contributed by atoms with E-state index >= 15 is 0 Å². The van der Waals surface area contributed by atoms with Crippen LogP contribution in [0.4, 0.5) is 5.69 Å². The van der Waals surface area contributed by atoms with E-state index in [9.17, 15) is 0 Å². The molecule has 45 heavy (non-hydrogen) atoms. The molecule has 0 amide bonds. The van der Waals surface area contributed by atoms with Crippen LogP contribution in [-0.4, -0.2) is 79.3 Å². The zero-order valence-electron chi connectivity index (χ0n) is 25.9. The van der Waals surface area contributed by atoms with Crippen LogP contribution in [-0.2, 0) is 34.0 Å². The van der Waals surface area contributed by atoms with Crippen LogP contribution in [0.25, 0.3) is 0 Å². The van der Waals surface area contributed by atoms with Gasteiger partial charge in [-0.3, -0.25) is 0 Å². The summed E-state index contributed by atoms with van der Waals surface area (Å²) in [5.41, 5.74) is 8.84. The number of nitrogens with two attached hydrogens (primary N) is 1. The molecule has 0 bridgehead atoms. The van der Waals surface area contributed by atoms with E-state index in [-0.39, 0.29) is 0 Å². The van der Waals surface area contributed by atoms with Crippen molar-refractivity contribution in [2.24, 2.45) is 0 Å². The Balaban J connectivity index is 1.02. The lowest BCUT2D eigenvalue weighted by Gasteiger charge is -2.36. The molecule has 0 spiro atoms. The average Bonchev–Trinajstić information content (AvgIpc) is 3.09. The van der Waals surface area contributed by atoms with E-state index in [0.717, 1.165) is 22.4 Å². The predicted octanol–water partition coefficient (Wildman–Crippen LogP) is 5.74. The average molecular weight is 616 g/mol. The van der Waals surface area contributed by atoms with Crippen molar-refractivity contribution in [1.29, 1.82) is 0 Å². The number of ether oxygens (including phenoxy) is 7. The topological polar surface area (TPSA) is 90.6 Å². The van der Waals surface area contributed by atoms with E-state index in [2.05, 4.69) is 36.4 Å². The highest BCUT2D eigenvalue weighted by Gasteiger charge is 2.37. The summed E-state index contributed by atoms with van der Waals surface area (Å²) < 4.78 is 40.4. The van der Waals surface area contributed by atoms with Crippen LogP contribution in [0, 0.1) is 0 Å². The van der Waals surface area contributed by atoms with E-state index in [1.807, 2.05) is 66.7 Å². The zero-order chi connectivity index (χ0) is 31.3. The predicted molar refractivity (Wildman–Crippen MR) is 176 cm³/mol. The van der Waals surface area contributed by atoms with Gasteiger partial charge in [-0.15, -0.1) is 0 Å². The first kappa shape index (κ1) is 34.1. The van der Waals surface area contributed by atoms with E-state index in [1.165, 1.54) is 0 Å². The minimum Gasteiger partial charge on any atom is -0.491 e. The SMILES string of the molecule is Nc1ccc(OCCOCCOCCOCCOCCOCCOC(c2ccccc2)(c2ccccc2)c2ccccc2)cc1. The molecule has 4 aromatic rings. The maximum atomic E-state index is 6.72. The standard InChI is InChI=1S/C37H45NO7/c38-35-16-18-36(19-17-35)44-30-28-42-26-24-40-22-20-39-21-23-41-25-27-43-29-31-45-37(32-10-4-1-5-11-32,33-12-6-2-7-13-33)34-14-8-3-9-15-34/h1-19H,20-31,38H2. The highest BCUT2D eigenvalue weighted by atomic mass is 16.6. The Morgan fingerprint density at radius 2 is 0.711 bits per heavy atom. The van der Waals surface area contributed by atoms with E-state index in [1.54, 1.807) is 12.1 Å². The van der Waals surface area contributed by atoms with Gasteiger partial charge in [0.2, 0.25) is 0 Å². The largest absolute Gasteiger partial charge is 0.491 e. The summed E-state index contributed by atoms with van der Waals surface area (Å²) in [5, 5.41) is 0. The molecule has 0 radical (unpaired) electrons. The number of rotatable bonds is 23. The third-order valence-electron chi connectivity index (χ3n) is 6.95. The van der Waals surface area contributed by atoms with E-state index in [4.69, 9.17) is 38.9 Å². The maximum Gasteiger partial charge on any atom is 0.143 e. The molecule has 0 aliphatic rings. The minimum absolute atomic E-state index is 0.421. The van der Waals surface area contributed by atoms with Gasteiger partial charge in [-0.1, -0.05) is 91.0 Å². The van der Waals surface area contributed by atoms with Crippen LogP contribution in [0.5, 0.6) is 5.75 Å². The fraction of sp³-hybridized carbons (Fsp3) is 0.351. The van der Waals surface area contributed by atoms with Gasteiger partial charge in [0, 0.05) is 5.69 Å². The van der Waals surface area contributed by atoms with Crippen LogP contribution in [0.15, 0.2) is 115 Å². The van der Waals surface area contributed by atoms with Crippen LogP contribution in [0.1, 0.15) is 16.7 Å². The quantitative estimate of drug-likeness (QED) is 0.0642. The molecule has 0 saturated heterocycles.